The van der Waals surface area contributed by atoms with Crippen LogP contribution in [0.15, 0.2) is 72.4 Å². The third-order valence-electron chi connectivity index (χ3n) is 5.24. The first-order valence-electron chi connectivity index (χ1n) is 11.0. The highest BCUT2D eigenvalue weighted by Gasteiger charge is 2.18. The fourth-order valence-electron chi connectivity index (χ4n) is 3.60. The van der Waals surface area contributed by atoms with E-state index in [9.17, 15) is 0 Å². The van der Waals surface area contributed by atoms with E-state index in [4.69, 9.17) is 4.99 Å². The molecular formula is C24H33N7. The molecule has 3 rings (SSSR count). The molecule has 2 N–H and O–H groups in total. The average molecular weight is 420 g/mol. The molecule has 7 nitrogen and oxygen atoms in total. The predicted molar refractivity (Wildman–Crippen MR) is 126 cm³/mol. The van der Waals surface area contributed by atoms with Gasteiger partial charge in [-0.25, -0.2) is 15.0 Å². The number of guanidine groups is 1. The largest absolute Gasteiger partial charge is 0.357 e. The van der Waals surface area contributed by atoms with Crippen LogP contribution in [0.4, 0.5) is 0 Å². The van der Waals surface area contributed by atoms with Crippen LogP contribution in [-0.4, -0.2) is 51.6 Å². The van der Waals surface area contributed by atoms with Crippen LogP contribution in [0.25, 0.3) is 5.82 Å². The smallest absolute Gasteiger partial charge is 0.191 e. The predicted octanol–water partition coefficient (Wildman–Crippen LogP) is 3.41. The third kappa shape index (κ3) is 6.39. The minimum absolute atomic E-state index is 0.286. The second-order valence-corrected chi connectivity index (χ2v) is 7.22. The zero-order valence-electron chi connectivity index (χ0n) is 18.7. The Morgan fingerprint density at radius 1 is 1.06 bits per heavy atom. The molecule has 0 amide bonds. The fraction of sp³-hybridized carbons (Fsp3) is 0.375. The molecule has 1 unspecified atom stereocenters. The molecule has 0 spiro atoms. The van der Waals surface area contributed by atoms with Gasteiger partial charge in [-0.05, 0) is 43.3 Å². The Bertz CT molecular complexity index is 918. The zero-order chi connectivity index (χ0) is 21.9. The van der Waals surface area contributed by atoms with Crippen molar-refractivity contribution in [2.24, 2.45) is 4.99 Å². The Kier molecular flexibility index (Phi) is 8.60. The van der Waals surface area contributed by atoms with Crippen molar-refractivity contribution in [3.8, 4) is 5.82 Å². The number of nitrogens with one attached hydrogen (secondary N) is 2. The second-order valence-electron chi connectivity index (χ2n) is 7.22. The van der Waals surface area contributed by atoms with E-state index in [0.29, 0.717) is 6.54 Å². The number of nitrogens with zero attached hydrogens (tertiary/aromatic N) is 5. The van der Waals surface area contributed by atoms with Crippen molar-refractivity contribution in [2.45, 2.75) is 33.4 Å². The second kappa shape index (κ2) is 11.9. The number of rotatable bonds is 10. The molecule has 164 valence electrons. The SMILES string of the molecule is CCNC(=NCc1ccnc(-n2ccnc2)c1)NCC(c1ccccc1)N(CC)CC. The Hall–Kier alpha value is -3.19. The Morgan fingerprint density at radius 2 is 1.87 bits per heavy atom. The molecule has 0 saturated carbocycles. The summed E-state index contributed by atoms with van der Waals surface area (Å²) in [6.07, 6.45) is 7.20. The van der Waals surface area contributed by atoms with Crippen LogP contribution in [-0.2, 0) is 6.54 Å². The van der Waals surface area contributed by atoms with E-state index in [2.05, 4.69) is 76.6 Å². The van der Waals surface area contributed by atoms with Gasteiger partial charge in [0.25, 0.3) is 0 Å². The van der Waals surface area contributed by atoms with Crippen LogP contribution < -0.4 is 10.6 Å². The Labute approximate surface area is 185 Å². The summed E-state index contributed by atoms with van der Waals surface area (Å²) < 4.78 is 1.89. The zero-order valence-corrected chi connectivity index (χ0v) is 18.7. The van der Waals surface area contributed by atoms with E-state index in [1.165, 1.54) is 5.56 Å². The van der Waals surface area contributed by atoms with Crippen molar-refractivity contribution in [1.82, 2.24) is 30.1 Å². The lowest BCUT2D eigenvalue weighted by atomic mass is 10.1. The minimum Gasteiger partial charge on any atom is -0.357 e. The molecule has 0 bridgehead atoms. The highest BCUT2D eigenvalue weighted by Crippen LogP contribution is 2.19. The van der Waals surface area contributed by atoms with Crippen LogP contribution in [0, 0.1) is 0 Å². The summed E-state index contributed by atoms with van der Waals surface area (Å²) in [6.45, 7) is 10.7. The Balaban J connectivity index is 1.71. The van der Waals surface area contributed by atoms with Gasteiger partial charge >= 0.3 is 0 Å². The van der Waals surface area contributed by atoms with Gasteiger partial charge < -0.3 is 10.6 Å². The molecular weight excluding hydrogens is 386 g/mol. The van der Waals surface area contributed by atoms with Crippen molar-refractivity contribution in [1.29, 1.82) is 0 Å². The number of aliphatic imine (C=N–C) groups is 1. The van der Waals surface area contributed by atoms with Gasteiger partial charge in [-0.3, -0.25) is 9.47 Å². The van der Waals surface area contributed by atoms with E-state index in [-0.39, 0.29) is 6.04 Å². The molecule has 31 heavy (non-hydrogen) atoms. The molecule has 2 aromatic heterocycles. The Morgan fingerprint density at radius 3 is 2.55 bits per heavy atom. The van der Waals surface area contributed by atoms with Gasteiger partial charge in [-0.1, -0.05) is 44.2 Å². The quantitative estimate of drug-likeness (QED) is 0.389. The van der Waals surface area contributed by atoms with Crippen molar-refractivity contribution in [2.75, 3.05) is 26.2 Å². The first-order chi connectivity index (χ1) is 15.2. The topological polar surface area (TPSA) is 70.4 Å². The molecule has 0 fully saturated rings. The number of hydrogen-bond donors (Lipinski definition) is 2. The van der Waals surface area contributed by atoms with Crippen molar-refractivity contribution in [3.63, 3.8) is 0 Å². The summed E-state index contributed by atoms with van der Waals surface area (Å²) in [5.74, 6) is 1.66. The number of benzene rings is 1. The van der Waals surface area contributed by atoms with Crippen LogP contribution in [0.1, 0.15) is 37.9 Å². The molecule has 2 heterocycles. The maximum absolute atomic E-state index is 4.81. The highest BCUT2D eigenvalue weighted by atomic mass is 15.2. The highest BCUT2D eigenvalue weighted by molar-refractivity contribution is 5.79. The van der Waals surface area contributed by atoms with Crippen LogP contribution in [0.2, 0.25) is 0 Å². The standard InChI is InChI=1S/C24H33N7/c1-4-26-24(28-17-20-12-13-27-23(16-20)31-15-14-25-19-31)29-18-22(30(5-2)6-3)21-10-8-7-9-11-21/h7-16,19,22H,4-6,17-18H2,1-3H3,(H2,26,28,29). The number of aromatic nitrogens is 3. The van der Waals surface area contributed by atoms with Gasteiger partial charge in [0.15, 0.2) is 5.96 Å². The van der Waals surface area contributed by atoms with E-state index in [1.54, 1.807) is 12.5 Å². The fourth-order valence-corrected chi connectivity index (χ4v) is 3.60. The average Bonchev–Trinajstić information content (AvgIpc) is 3.36. The van der Waals surface area contributed by atoms with Crippen molar-refractivity contribution >= 4 is 5.96 Å². The summed E-state index contributed by atoms with van der Waals surface area (Å²) in [5, 5.41) is 6.91. The third-order valence-corrected chi connectivity index (χ3v) is 5.24. The number of hydrogen-bond acceptors (Lipinski definition) is 4. The molecule has 1 aromatic carbocycles. The number of likely N-dealkylation sites (N-methyl/N-ethyl adjacent to an activating group) is 1. The van der Waals surface area contributed by atoms with E-state index < -0.39 is 0 Å². The first-order valence-corrected chi connectivity index (χ1v) is 11.0. The van der Waals surface area contributed by atoms with E-state index in [1.807, 2.05) is 29.1 Å². The van der Waals surface area contributed by atoms with E-state index in [0.717, 1.165) is 43.5 Å². The van der Waals surface area contributed by atoms with Crippen molar-refractivity contribution in [3.05, 3.63) is 78.5 Å². The van der Waals surface area contributed by atoms with Gasteiger partial charge in [0.05, 0.1) is 12.6 Å². The van der Waals surface area contributed by atoms with E-state index >= 15 is 0 Å². The van der Waals surface area contributed by atoms with Crippen LogP contribution in [0.3, 0.4) is 0 Å². The normalized spacial score (nSPS) is 12.7. The molecule has 0 radical (unpaired) electrons. The summed E-state index contributed by atoms with van der Waals surface area (Å²) in [5.41, 5.74) is 2.41. The van der Waals surface area contributed by atoms with Gasteiger partial charge in [-0.15, -0.1) is 0 Å². The van der Waals surface area contributed by atoms with Gasteiger partial charge in [0.1, 0.15) is 12.1 Å². The molecule has 3 aromatic rings. The number of imidazole rings is 1. The lowest BCUT2D eigenvalue weighted by molar-refractivity contribution is 0.219. The molecule has 0 saturated heterocycles. The van der Waals surface area contributed by atoms with Gasteiger partial charge in [0.2, 0.25) is 0 Å². The van der Waals surface area contributed by atoms with Gasteiger partial charge in [0, 0.05) is 31.7 Å². The molecule has 1 atom stereocenters. The lowest BCUT2D eigenvalue weighted by Gasteiger charge is -2.30. The molecule has 0 aliphatic heterocycles. The molecule has 0 aliphatic rings. The summed E-state index contributed by atoms with van der Waals surface area (Å²) in [4.78, 5) is 15.8. The molecule has 0 aliphatic carbocycles. The lowest BCUT2D eigenvalue weighted by Crippen LogP contribution is -2.43. The summed E-state index contributed by atoms with van der Waals surface area (Å²) in [7, 11) is 0. The van der Waals surface area contributed by atoms with Crippen LogP contribution in [0.5, 0.6) is 0 Å². The first kappa shape index (κ1) is 22.5. The van der Waals surface area contributed by atoms with Gasteiger partial charge in [-0.2, -0.15) is 0 Å². The molecule has 7 heteroatoms. The van der Waals surface area contributed by atoms with Crippen LogP contribution >= 0.6 is 0 Å². The summed E-state index contributed by atoms with van der Waals surface area (Å²) >= 11 is 0. The maximum Gasteiger partial charge on any atom is 0.191 e. The summed E-state index contributed by atoms with van der Waals surface area (Å²) in [6, 6.07) is 15.0. The monoisotopic (exact) mass is 419 g/mol. The number of pyridine rings is 1. The minimum atomic E-state index is 0.286. The van der Waals surface area contributed by atoms with Crippen molar-refractivity contribution < 1.29 is 0 Å². The maximum atomic E-state index is 4.81.